The van der Waals surface area contributed by atoms with Gasteiger partial charge in [0.15, 0.2) is 5.75 Å². The van der Waals surface area contributed by atoms with Crippen molar-refractivity contribution < 1.29 is 14.3 Å². The molecule has 0 atom stereocenters. The fourth-order valence-corrected chi connectivity index (χ4v) is 1.64. The fourth-order valence-electron chi connectivity index (χ4n) is 1.34. The summed E-state index contributed by atoms with van der Waals surface area (Å²) in [6, 6.07) is 6.74. The van der Waals surface area contributed by atoms with Crippen molar-refractivity contribution in [2.45, 2.75) is 0 Å². The maximum Gasteiger partial charge on any atom is 0.513 e. The van der Waals surface area contributed by atoms with Gasteiger partial charge in [0.05, 0.1) is 12.1 Å². The number of halogens is 2. The first-order valence-corrected chi connectivity index (χ1v) is 5.38. The SMILES string of the molecule is COC(=O)Oc1cccc2cc(Cl)c(Cl)nc12. The standard InChI is InChI=1S/C11H7Cl2NO3/c1-16-11(15)17-8-4-2-3-6-5-7(12)10(13)14-9(6)8/h2-5H,1H3. The Kier molecular flexibility index (Phi) is 3.36. The summed E-state index contributed by atoms with van der Waals surface area (Å²) in [5.41, 5.74) is 0.451. The molecule has 0 aliphatic rings. The molecule has 2 rings (SSSR count). The van der Waals surface area contributed by atoms with E-state index in [0.29, 0.717) is 10.5 Å². The molecule has 0 saturated carbocycles. The second kappa shape index (κ2) is 4.77. The zero-order valence-electron chi connectivity index (χ0n) is 8.74. The molecule has 88 valence electrons. The Labute approximate surface area is 107 Å². The highest BCUT2D eigenvalue weighted by Crippen LogP contribution is 2.30. The van der Waals surface area contributed by atoms with Crippen LogP contribution in [0.25, 0.3) is 10.9 Å². The number of ether oxygens (including phenoxy) is 2. The van der Waals surface area contributed by atoms with Crippen LogP contribution in [-0.2, 0) is 4.74 Å². The van der Waals surface area contributed by atoms with Crippen molar-refractivity contribution in [3.05, 3.63) is 34.4 Å². The summed E-state index contributed by atoms with van der Waals surface area (Å²) in [6.07, 6.45) is -0.814. The molecule has 0 spiro atoms. The molecular weight excluding hydrogens is 265 g/mol. The molecule has 0 fully saturated rings. The van der Waals surface area contributed by atoms with Gasteiger partial charge in [-0.15, -0.1) is 0 Å². The van der Waals surface area contributed by atoms with Crippen LogP contribution in [0.1, 0.15) is 0 Å². The van der Waals surface area contributed by atoms with Crippen LogP contribution in [-0.4, -0.2) is 18.2 Å². The molecule has 1 heterocycles. The molecule has 1 aromatic heterocycles. The molecule has 0 aliphatic carbocycles. The van der Waals surface area contributed by atoms with Crippen LogP contribution in [0, 0.1) is 0 Å². The highest BCUT2D eigenvalue weighted by Gasteiger charge is 2.11. The number of aromatic nitrogens is 1. The number of carbonyl (C=O) groups is 1. The van der Waals surface area contributed by atoms with Crippen LogP contribution in [0.2, 0.25) is 10.2 Å². The molecule has 17 heavy (non-hydrogen) atoms. The lowest BCUT2D eigenvalue weighted by Crippen LogP contribution is -2.07. The van der Waals surface area contributed by atoms with Gasteiger partial charge in [0.2, 0.25) is 0 Å². The van der Waals surface area contributed by atoms with Gasteiger partial charge in [-0.3, -0.25) is 0 Å². The Balaban J connectivity index is 2.56. The molecular formula is C11H7Cl2NO3. The van der Waals surface area contributed by atoms with Crippen molar-refractivity contribution in [3.63, 3.8) is 0 Å². The van der Waals surface area contributed by atoms with E-state index in [9.17, 15) is 4.79 Å². The van der Waals surface area contributed by atoms with E-state index in [-0.39, 0.29) is 10.9 Å². The number of rotatable bonds is 1. The average molecular weight is 272 g/mol. The zero-order valence-corrected chi connectivity index (χ0v) is 10.2. The van der Waals surface area contributed by atoms with Gasteiger partial charge in [-0.25, -0.2) is 9.78 Å². The number of benzene rings is 1. The summed E-state index contributed by atoms with van der Waals surface area (Å²) in [4.78, 5) is 15.1. The van der Waals surface area contributed by atoms with Crippen molar-refractivity contribution in [3.8, 4) is 5.75 Å². The van der Waals surface area contributed by atoms with E-state index < -0.39 is 6.16 Å². The first-order valence-electron chi connectivity index (χ1n) is 4.62. The molecule has 2 aromatic rings. The first kappa shape index (κ1) is 12.0. The Morgan fingerprint density at radius 3 is 2.82 bits per heavy atom. The molecule has 0 N–H and O–H groups in total. The summed E-state index contributed by atoms with van der Waals surface area (Å²) in [6.45, 7) is 0. The summed E-state index contributed by atoms with van der Waals surface area (Å²) in [5.74, 6) is 0.271. The predicted octanol–water partition coefficient (Wildman–Crippen LogP) is 3.69. The highest BCUT2D eigenvalue weighted by atomic mass is 35.5. The monoisotopic (exact) mass is 271 g/mol. The van der Waals surface area contributed by atoms with Gasteiger partial charge in [0.25, 0.3) is 0 Å². The van der Waals surface area contributed by atoms with Crippen LogP contribution < -0.4 is 4.74 Å². The average Bonchev–Trinajstić information content (AvgIpc) is 2.31. The summed E-state index contributed by atoms with van der Waals surface area (Å²) >= 11 is 11.7. The number of methoxy groups -OCH3 is 1. The van der Waals surface area contributed by atoms with Gasteiger partial charge in [-0.2, -0.15) is 0 Å². The Morgan fingerprint density at radius 1 is 1.35 bits per heavy atom. The Morgan fingerprint density at radius 2 is 2.12 bits per heavy atom. The molecule has 0 bridgehead atoms. The second-order valence-corrected chi connectivity index (χ2v) is 3.91. The van der Waals surface area contributed by atoms with Gasteiger partial charge in [-0.1, -0.05) is 35.3 Å². The predicted molar refractivity (Wildman–Crippen MR) is 64.8 cm³/mol. The third-order valence-corrected chi connectivity index (χ3v) is 2.75. The number of carbonyl (C=O) groups excluding carboxylic acids is 1. The Hall–Kier alpha value is -1.52. The van der Waals surface area contributed by atoms with Crippen LogP contribution in [0.15, 0.2) is 24.3 Å². The minimum Gasteiger partial charge on any atom is -0.437 e. The molecule has 0 amide bonds. The third-order valence-electron chi connectivity index (χ3n) is 2.08. The normalized spacial score (nSPS) is 10.3. The van der Waals surface area contributed by atoms with Crippen LogP contribution >= 0.6 is 23.2 Å². The van der Waals surface area contributed by atoms with Crippen molar-refractivity contribution in [1.82, 2.24) is 4.98 Å². The van der Waals surface area contributed by atoms with Crippen molar-refractivity contribution >= 4 is 40.3 Å². The number of para-hydroxylation sites is 1. The van der Waals surface area contributed by atoms with E-state index in [1.807, 2.05) is 0 Å². The highest BCUT2D eigenvalue weighted by molar-refractivity contribution is 6.41. The second-order valence-electron chi connectivity index (χ2n) is 3.15. The van der Waals surface area contributed by atoms with Crippen molar-refractivity contribution in [1.29, 1.82) is 0 Å². The van der Waals surface area contributed by atoms with E-state index in [4.69, 9.17) is 27.9 Å². The molecule has 1 aromatic carbocycles. The van der Waals surface area contributed by atoms with Crippen molar-refractivity contribution in [2.75, 3.05) is 7.11 Å². The molecule has 6 heteroatoms. The number of hydrogen-bond acceptors (Lipinski definition) is 4. The van der Waals surface area contributed by atoms with E-state index in [2.05, 4.69) is 9.72 Å². The first-order chi connectivity index (χ1) is 8.11. The van der Waals surface area contributed by atoms with Crippen LogP contribution in [0.4, 0.5) is 4.79 Å². The Bertz CT molecular complexity index is 586. The lowest BCUT2D eigenvalue weighted by atomic mass is 10.2. The lowest BCUT2D eigenvalue weighted by molar-refractivity contribution is 0.122. The lowest BCUT2D eigenvalue weighted by Gasteiger charge is -2.06. The van der Waals surface area contributed by atoms with E-state index in [1.165, 1.54) is 7.11 Å². The molecule has 0 saturated heterocycles. The van der Waals surface area contributed by atoms with E-state index >= 15 is 0 Å². The number of hydrogen-bond donors (Lipinski definition) is 0. The maximum absolute atomic E-state index is 11.0. The minimum absolute atomic E-state index is 0.153. The molecule has 0 radical (unpaired) electrons. The zero-order chi connectivity index (χ0) is 12.4. The van der Waals surface area contributed by atoms with Crippen LogP contribution in [0.5, 0.6) is 5.75 Å². The van der Waals surface area contributed by atoms with Gasteiger partial charge < -0.3 is 9.47 Å². The summed E-state index contributed by atoms with van der Waals surface area (Å²) < 4.78 is 9.36. The topological polar surface area (TPSA) is 48.4 Å². The third kappa shape index (κ3) is 2.43. The maximum atomic E-state index is 11.0. The smallest absolute Gasteiger partial charge is 0.437 e. The van der Waals surface area contributed by atoms with E-state index in [0.717, 1.165) is 5.39 Å². The fraction of sp³-hybridized carbons (Fsp3) is 0.0909. The summed E-state index contributed by atoms with van der Waals surface area (Å²) in [5, 5.41) is 1.22. The number of pyridine rings is 1. The number of fused-ring (bicyclic) bond motifs is 1. The van der Waals surface area contributed by atoms with Crippen LogP contribution in [0.3, 0.4) is 0 Å². The van der Waals surface area contributed by atoms with Gasteiger partial charge in [-0.05, 0) is 12.1 Å². The quantitative estimate of drug-likeness (QED) is 0.451. The summed E-state index contributed by atoms with van der Waals surface area (Å²) in [7, 11) is 1.23. The van der Waals surface area contributed by atoms with Gasteiger partial charge in [0.1, 0.15) is 10.7 Å². The number of nitrogens with zero attached hydrogens (tertiary/aromatic N) is 1. The largest absolute Gasteiger partial charge is 0.513 e. The van der Waals surface area contributed by atoms with Gasteiger partial charge in [0, 0.05) is 5.39 Å². The molecule has 0 unspecified atom stereocenters. The van der Waals surface area contributed by atoms with Gasteiger partial charge >= 0.3 is 6.16 Å². The molecule has 4 nitrogen and oxygen atoms in total. The van der Waals surface area contributed by atoms with Crippen molar-refractivity contribution in [2.24, 2.45) is 0 Å². The minimum atomic E-state index is -0.814. The van der Waals surface area contributed by atoms with E-state index in [1.54, 1.807) is 24.3 Å². The molecule has 0 aliphatic heterocycles.